The molecule has 1 aromatic heterocycles. The van der Waals surface area contributed by atoms with Gasteiger partial charge in [-0.15, -0.1) is 0 Å². The minimum absolute atomic E-state index is 0.437. The summed E-state index contributed by atoms with van der Waals surface area (Å²) in [4.78, 5) is 6.48. The molecule has 0 bridgehead atoms. The number of nitriles is 1. The van der Waals surface area contributed by atoms with E-state index in [0.29, 0.717) is 5.69 Å². The summed E-state index contributed by atoms with van der Waals surface area (Å²) in [5.41, 5.74) is 4.00. The third kappa shape index (κ3) is 4.31. The summed E-state index contributed by atoms with van der Waals surface area (Å²) in [5, 5.41) is 12.1. The Kier molecular flexibility index (Phi) is 5.93. The molecule has 0 amide bonds. The fraction of sp³-hybridized carbons (Fsp3) is 0.333. The highest BCUT2D eigenvalue weighted by atomic mass is 15.1. The van der Waals surface area contributed by atoms with E-state index in [0.717, 1.165) is 31.9 Å². The summed E-state index contributed by atoms with van der Waals surface area (Å²) in [5.74, 6) is 0. The summed E-state index contributed by atoms with van der Waals surface area (Å²) >= 11 is 0. The molecule has 0 unspecified atom stereocenters. The first-order valence-corrected chi connectivity index (χ1v) is 7.66. The van der Waals surface area contributed by atoms with Gasteiger partial charge < -0.3 is 5.32 Å². The first-order chi connectivity index (χ1) is 10.8. The second-order valence-electron chi connectivity index (χ2n) is 5.13. The van der Waals surface area contributed by atoms with Crippen LogP contribution in [0.4, 0.5) is 5.69 Å². The molecule has 1 N–H and O–H groups in total. The maximum Gasteiger partial charge on any atom is 0.140 e. The molecule has 2 aromatic rings. The summed E-state index contributed by atoms with van der Waals surface area (Å²) in [6.07, 6.45) is 1.70. The Morgan fingerprint density at radius 3 is 2.41 bits per heavy atom. The Morgan fingerprint density at radius 2 is 1.82 bits per heavy atom. The standard InChI is InChI=1S/C18H22N4/c1-3-22(4-2)14-16-8-6-5-7-15(16)12-20-18-10-9-17(11-19)21-13-18/h5-10,13,20H,3-4,12,14H2,1-2H3. The summed E-state index contributed by atoms with van der Waals surface area (Å²) in [6.45, 7) is 8.21. The molecule has 4 nitrogen and oxygen atoms in total. The molecule has 22 heavy (non-hydrogen) atoms. The van der Waals surface area contributed by atoms with E-state index in [1.165, 1.54) is 11.1 Å². The minimum Gasteiger partial charge on any atom is -0.380 e. The largest absolute Gasteiger partial charge is 0.380 e. The predicted octanol–water partition coefficient (Wildman–Crippen LogP) is 3.41. The zero-order valence-electron chi connectivity index (χ0n) is 13.2. The van der Waals surface area contributed by atoms with Gasteiger partial charge in [0.1, 0.15) is 11.8 Å². The number of pyridine rings is 1. The number of benzene rings is 1. The zero-order valence-corrected chi connectivity index (χ0v) is 13.2. The lowest BCUT2D eigenvalue weighted by Crippen LogP contribution is -2.23. The van der Waals surface area contributed by atoms with Crippen LogP contribution in [0.15, 0.2) is 42.6 Å². The Labute approximate surface area is 132 Å². The number of nitrogens with one attached hydrogen (secondary N) is 1. The van der Waals surface area contributed by atoms with Crippen LogP contribution >= 0.6 is 0 Å². The van der Waals surface area contributed by atoms with Gasteiger partial charge in [-0.3, -0.25) is 4.90 Å². The molecule has 0 spiro atoms. The van der Waals surface area contributed by atoms with Crippen LogP contribution in [0.1, 0.15) is 30.7 Å². The monoisotopic (exact) mass is 294 g/mol. The Morgan fingerprint density at radius 1 is 1.09 bits per heavy atom. The van der Waals surface area contributed by atoms with Crippen molar-refractivity contribution in [3.63, 3.8) is 0 Å². The van der Waals surface area contributed by atoms with Gasteiger partial charge in [0.2, 0.25) is 0 Å². The second kappa shape index (κ2) is 8.16. The Bertz CT molecular complexity index is 624. The van der Waals surface area contributed by atoms with Gasteiger partial charge in [-0.2, -0.15) is 5.26 Å². The van der Waals surface area contributed by atoms with Crippen LogP contribution in [-0.2, 0) is 13.1 Å². The van der Waals surface area contributed by atoms with E-state index in [1.54, 1.807) is 12.3 Å². The lowest BCUT2D eigenvalue weighted by atomic mass is 10.1. The Balaban J connectivity index is 2.04. The number of anilines is 1. The molecule has 1 heterocycles. The fourth-order valence-corrected chi connectivity index (χ4v) is 2.33. The highest BCUT2D eigenvalue weighted by Gasteiger charge is 2.06. The van der Waals surface area contributed by atoms with Crippen molar-refractivity contribution in [3.8, 4) is 6.07 Å². The van der Waals surface area contributed by atoms with E-state index < -0.39 is 0 Å². The van der Waals surface area contributed by atoms with Gasteiger partial charge in [-0.25, -0.2) is 4.98 Å². The SMILES string of the molecule is CCN(CC)Cc1ccccc1CNc1ccc(C#N)nc1. The lowest BCUT2D eigenvalue weighted by molar-refractivity contribution is 0.295. The molecule has 0 saturated carbocycles. The maximum absolute atomic E-state index is 8.77. The van der Waals surface area contributed by atoms with Crippen LogP contribution in [0.25, 0.3) is 0 Å². The second-order valence-corrected chi connectivity index (χ2v) is 5.13. The van der Waals surface area contributed by atoms with Crippen molar-refractivity contribution in [1.82, 2.24) is 9.88 Å². The summed E-state index contributed by atoms with van der Waals surface area (Å²) in [7, 11) is 0. The van der Waals surface area contributed by atoms with Crippen molar-refractivity contribution < 1.29 is 0 Å². The van der Waals surface area contributed by atoms with Gasteiger partial charge in [0.15, 0.2) is 0 Å². The average Bonchev–Trinajstić information content (AvgIpc) is 2.59. The first-order valence-electron chi connectivity index (χ1n) is 7.66. The predicted molar refractivity (Wildman–Crippen MR) is 89.3 cm³/mol. The van der Waals surface area contributed by atoms with E-state index in [4.69, 9.17) is 5.26 Å². The van der Waals surface area contributed by atoms with Crippen molar-refractivity contribution in [2.24, 2.45) is 0 Å². The van der Waals surface area contributed by atoms with Crippen molar-refractivity contribution in [3.05, 3.63) is 59.4 Å². The molecule has 4 heteroatoms. The van der Waals surface area contributed by atoms with Gasteiger partial charge in [0.05, 0.1) is 11.9 Å². The average molecular weight is 294 g/mol. The van der Waals surface area contributed by atoms with Crippen LogP contribution in [0, 0.1) is 11.3 Å². The third-order valence-corrected chi connectivity index (χ3v) is 3.77. The van der Waals surface area contributed by atoms with Gasteiger partial charge in [0, 0.05) is 13.1 Å². The molecule has 114 valence electrons. The maximum atomic E-state index is 8.77. The fourth-order valence-electron chi connectivity index (χ4n) is 2.33. The van der Waals surface area contributed by atoms with E-state index >= 15 is 0 Å². The quantitative estimate of drug-likeness (QED) is 0.850. The molecule has 1 aromatic carbocycles. The van der Waals surface area contributed by atoms with E-state index in [2.05, 4.69) is 53.3 Å². The molecule has 0 fully saturated rings. The van der Waals surface area contributed by atoms with Gasteiger partial charge in [-0.1, -0.05) is 38.1 Å². The molecular formula is C18H22N4. The molecule has 0 atom stereocenters. The van der Waals surface area contributed by atoms with E-state index in [9.17, 15) is 0 Å². The van der Waals surface area contributed by atoms with Crippen LogP contribution < -0.4 is 5.32 Å². The normalized spacial score (nSPS) is 10.5. The van der Waals surface area contributed by atoms with Crippen molar-refractivity contribution in [1.29, 1.82) is 5.26 Å². The number of hydrogen-bond donors (Lipinski definition) is 1. The molecule has 2 rings (SSSR count). The summed E-state index contributed by atoms with van der Waals surface area (Å²) < 4.78 is 0. The number of aromatic nitrogens is 1. The van der Waals surface area contributed by atoms with Crippen molar-refractivity contribution in [2.45, 2.75) is 26.9 Å². The van der Waals surface area contributed by atoms with E-state index in [1.807, 2.05) is 12.1 Å². The van der Waals surface area contributed by atoms with Crippen LogP contribution in [0.2, 0.25) is 0 Å². The number of rotatable bonds is 7. The third-order valence-electron chi connectivity index (χ3n) is 3.77. The van der Waals surface area contributed by atoms with Crippen LogP contribution in [-0.4, -0.2) is 23.0 Å². The minimum atomic E-state index is 0.437. The lowest BCUT2D eigenvalue weighted by Gasteiger charge is -2.20. The molecule has 0 saturated heterocycles. The van der Waals surface area contributed by atoms with Crippen molar-refractivity contribution in [2.75, 3.05) is 18.4 Å². The highest BCUT2D eigenvalue weighted by Crippen LogP contribution is 2.14. The first kappa shape index (κ1) is 16.0. The van der Waals surface area contributed by atoms with Crippen LogP contribution in [0.3, 0.4) is 0 Å². The smallest absolute Gasteiger partial charge is 0.140 e. The molecule has 0 aliphatic carbocycles. The number of hydrogen-bond acceptors (Lipinski definition) is 4. The van der Waals surface area contributed by atoms with E-state index in [-0.39, 0.29) is 0 Å². The molecular weight excluding hydrogens is 272 g/mol. The zero-order chi connectivity index (χ0) is 15.8. The van der Waals surface area contributed by atoms with Crippen molar-refractivity contribution >= 4 is 5.69 Å². The van der Waals surface area contributed by atoms with Gasteiger partial charge >= 0.3 is 0 Å². The van der Waals surface area contributed by atoms with Gasteiger partial charge in [0.25, 0.3) is 0 Å². The molecule has 0 aliphatic rings. The molecule has 0 radical (unpaired) electrons. The van der Waals surface area contributed by atoms with Gasteiger partial charge in [-0.05, 0) is 36.3 Å². The van der Waals surface area contributed by atoms with Crippen LogP contribution in [0.5, 0.6) is 0 Å². The Hall–Kier alpha value is -2.38. The molecule has 0 aliphatic heterocycles. The summed E-state index contributed by atoms with van der Waals surface area (Å²) in [6, 6.07) is 14.1. The number of nitrogens with zero attached hydrogens (tertiary/aromatic N) is 3. The highest BCUT2D eigenvalue weighted by molar-refractivity contribution is 5.44. The topological polar surface area (TPSA) is 52.0 Å².